The summed E-state index contributed by atoms with van der Waals surface area (Å²) in [5, 5.41) is 0. The van der Waals surface area contributed by atoms with Gasteiger partial charge in [0.25, 0.3) is 0 Å². The molecule has 0 unspecified atom stereocenters. The molecule has 0 amide bonds. The van der Waals surface area contributed by atoms with Crippen LogP contribution in [0.5, 0.6) is 0 Å². The molecular weight excluding hydrogens is 385 g/mol. The average Bonchev–Trinajstić information content (AvgIpc) is 1.41. The molecule has 6 heavy (non-hydrogen) atoms. The van der Waals surface area contributed by atoms with E-state index < -0.39 is 45.1 Å². The van der Waals surface area contributed by atoms with Crippen LogP contribution in [-0.4, -0.2) is 0 Å². The molecule has 43 valence electrons. The van der Waals surface area contributed by atoms with Gasteiger partial charge in [0, 0.05) is 0 Å². The third-order valence-electron chi connectivity index (χ3n) is 0. The van der Waals surface area contributed by atoms with Crippen LogP contribution in [-0.2, 0) is 0 Å². The molecule has 0 aliphatic heterocycles. The van der Waals surface area contributed by atoms with Gasteiger partial charge in [-0.3, -0.25) is 0 Å². The van der Waals surface area contributed by atoms with Gasteiger partial charge in [-0.2, -0.15) is 0 Å². The second-order valence-corrected chi connectivity index (χ2v) is 1.20. The number of hydrogen-bond acceptors (Lipinski definition) is 0. The molecule has 0 saturated heterocycles. The molecule has 0 aromatic heterocycles. The van der Waals surface area contributed by atoms with E-state index in [4.69, 9.17) is 0 Å². The molecule has 0 bridgehead atoms. The Morgan fingerprint density at radius 3 is 1.00 bits per heavy atom. The number of hydrogen-bond donors (Lipinski definition) is 0. The number of rotatable bonds is 0. The minimum atomic E-state index is -4.96. The van der Waals surface area contributed by atoms with Crippen molar-refractivity contribution in [2.45, 2.75) is 0 Å². The van der Waals surface area contributed by atoms with Crippen molar-refractivity contribution in [2.24, 2.45) is 0 Å². The fraction of sp³-hybridized carbons (Fsp3) is 0. The Balaban J connectivity index is 0. The Kier molecular flexibility index (Phi) is 20.2. The van der Waals surface area contributed by atoms with E-state index in [-0.39, 0.29) is 0 Å². The van der Waals surface area contributed by atoms with Crippen molar-refractivity contribution >= 4 is 0 Å². The summed E-state index contributed by atoms with van der Waals surface area (Å²) in [6.07, 6.45) is 0. The Hall–Kier alpha value is 2.63. The first kappa shape index (κ1) is 11.4. The molecule has 0 spiro atoms. The van der Waals surface area contributed by atoms with Gasteiger partial charge in [-0.25, -0.2) is 0 Å². The molecule has 0 aliphatic carbocycles. The predicted octanol–water partition coefficient (Wildman–Crippen LogP) is 1.68. The zero-order valence-corrected chi connectivity index (χ0v) is 6.94. The molecule has 0 atom stereocenters. The second kappa shape index (κ2) is 10.6. The molecule has 0 heterocycles. The Morgan fingerprint density at radius 2 is 1.00 bits per heavy atom. The maximum atomic E-state index is 9.85. The van der Waals surface area contributed by atoms with Gasteiger partial charge in [-0.1, -0.05) is 0 Å². The summed E-state index contributed by atoms with van der Waals surface area (Å²) in [4.78, 5) is 0. The molecule has 0 aromatic carbocycles. The Morgan fingerprint density at radius 1 is 1.00 bits per heavy atom. The Labute approximate surface area is 82.3 Å². The molecule has 6 heteroatoms. The fourth-order valence-electron chi connectivity index (χ4n) is 0. The van der Waals surface area contributed by atoms with Crippen LogP contribution in [0.2, 0.25) is 0 Å². The molecule has 0 radical (unpaired) electrons. The van der Waals surface area contributed by atoms with Crippen molar-refractivity contribution in [1.29, 1.82) is 0 Å². The summed E-state index contributed by atoms with van der Waals surface area (Å²) in [6.45, 7) is 0. The van der Waals surface area contributed by atoms with E-state index in [0.29, 0.717) is 38.7 Å². The van der Waals surface area contributed by atoms with Crippen molar-refractivity contribution in [3.63, 3.8) is 0 Å². The molecule has 0 aliphatic rings. The van der Waals surface area contributed by atoms with E-state index in [0.717, 1.165) is 0 Å². The van der Waals surface area contributed by atoms with E-state index in [1.54, 1.807) is 0 Å². The molecule has 0 saturated carbocycles. The van der Waals surface area contributed by atoms with Gasteiger partial charge in [-0.05, 0) is 0 Å². The SMILES string of the molecule is [F][Eu]([F])[F].[F][Gd]. The summed E-state index contributed by atoms with van der Waals surface area (Å²) in [5.74, 6) is 0. The van der Waals surface area contributed by atoms with Crippen LogP contribution >= 0.6 is 0 Å². The van der Waals surface area contributed by atoms with Crippen LogP contribution in [0.3, 0.4) is 0 Å². The van der Waals surface area contributed by atoms with Crippen LogP contribution in [0.15, 0.2) is 0 Å². The Bertz CT molecular complexity index is 12.3. The van der Waals surface area contributed by atoms with Crippen molar-refractivity contribution in [1.82, 2.24) is 0 Å². The van der Waals surface area contributed by atoms with Gasteiger partial charge in [0.15, 0.2) is 0 Å². The molecule has 0 rings (SSSR count). The third-order valence-corrected chi connectivity index (χ3v) is 0. The zero-order valence-electron chi connectivity index (χ0n) is 2.24. The van der Waals surface area contributed by atoms with Crippen molar-refractivity contribution in [2.75, 3.05) is 0 Å². The summed E-state index contributed by atoms with van der Waals surface area (Å²) in [5.41, 5.74) is 0. The summed E-state index contributed by atoms with van der Waals surface area (Å²) in [7, 11) is 0. The molecule has 0 N–H and O–H groups in total. The molecule has 0 nitrogen and oxygen atoms in total. The summed E-state index contributed by atoms with van der Waals surface area (Å²) >= 11 is -4.60. The van der Waals surface area contributed by atoms with Crippen LogP contribution < -0.4 is 0 Å². The fourth-order valence-corrected chi connectivity index (χ4v) is 0. The average molecular weight is 385 g/mol. The van der Waals surface area contributed by atoms with Crippen LogP contribution in [0.4, 0.5) is 1.19 Å². The van der Waals surface area contributed by atoms with Crippen LogP contribution in [0.1, 0.15) is 0 Å². The first-order valence-corrected chi connectivity index (χ1v) is 4.17. The zero-order chi connectivity index (χ0) is 5.58. The van der Waals surface area contributed by atoms with E-state index in [2.05, 4.69) is 0 Å². The summed E-state index contributed by atoms with van der Waals surface area (Å²) < 4.78 is 39.1. The maximum absolute atomic E-state index is 9.85. The first-order valence-electron chi connectivity index (χ1n) is 0.562. The van der Waals surface area contributed by atoms with Crippen molar-refractivity contribution in [3.8, 4) is 0 Å². The van der Waals surface area contributed by atoms with Gasteiger partial charge < -0.3 is 0 Å². The van der Waals surface area contributed by atoms with Gasteiger partial charge in [0.1, 0.15) is 0 Å². The van der Waals surface area contributed by atoms with Crippen molar-refractivity contribution in [3.05, 3.63) is 0 Å². The van der Waals surface area contributed by atoms with Crippen LogP contribution in [0.25, 0.3) is 0 Å². The van der Waals surface area contributed by atoms with Gasteiger partial charge in [0.2, 0.25) is 0 Å². The molecule has 0 fully saturated rings. The third kappa shape index (κ3) is 30.4. The standard InChI is InChI=1S/Eu.4FH.Gd/h;4*1H;/q+3;;;;;+1/p-4. The van der Waals surface area contributed by atoms with Crippen LogP contribution in [0, 0.1) is 83.8 Å². The topological polar surface area (TPSA) is 0 Å². The van der Waals surface area contributed by atoms with E-state index in [9.17, 15) is 1.19 Å². The van der Waals surface area contributed by atoms with E-state index >= 15 is 0 Å². The first-order chi connectivity index (χ1) is 2.73. The van der Waals surface area contributed by atoms with Gasteiger partial charge >= 0.3 is 85.0 Å². The quantitative estimate of drug-likeness (QED) is 0.557. The summed E-state index contributed by atoms with van der Waals surface area (Å²) in [6, 6.07) is 0. The van der Waals surface area contributed by atoms with E-state index in [1.165, 1.54) is 0 Å². The number of halogens is 4. The van der Waals surface area contributed by atoms with Gasteiger partial charge in [-0.15, -0.1) is 0 Å². The normalized spacial score (nSPS) is 8.50. The second-order valence-electron chi connectivity index (χ2n) is 0.162. The van der Waals surface area contributed by atoms with Gasteiger partial charge in [0.05, 0.1) is 0 Å². The monoisotopic (exact) mass is 387 g/mol. The molecular formula is EuF4Gd. The minimum absolute atomic E-state index is 0.361. The van der Waals surface area contributed by atoms with E-state index in [1.807, 2.05) is 0 Å². The predicted molar refractivity (Wildman–Crippen MR) is 4.43 cm³/mol. The van der Waals surface area contributed by atoms with Crippen molar-refractivity contribution < 1.29 is 85.0 Å². The molecule has 0 aromatic rings.